The zero-order chi connectivity index (χ0) is 16.3. The van der Waals surface area contributed by atoms with Crippen molar-refractivity contribution < 1.29 is 9.52 Å². The fourth-order valence-corrected chi connectivity index (χ4v) is 2.06. The molecule has 3 N–H and O–H groups in total. The molecule has 2 rings (SSSR count). The average molecular weight is 441 g/mol. The van der Waals surface area contributed by atoms with E-state index in [1.54, 1.807) is 12.3 Å². The van der Waals surface area contributed by atoms with Crippen LogP contribution in [0.3, 0.4) is 0 Å². The van der Waals surface area contributed by atoms with Gasteiger partial charge in [-0.05, 0) is 17.7 Å². The van der Waals surface area contributed by atoms with Crippen molar-refractivity contribution in [2.75, 3.05) is 19.6 Å². The van der Waals surface area contributed by atoms with E-state index < -0.39 is 6.10 Å². The lowest BCUT2D eigenvalue weighted by atomic mass is 10.1. The summed E-state index contributed by atoms with van der Waals surface area (Å²) in [6, 6.07) is 13.3. The molecule has 6 heteroatoms. The normalized spacial score (nSPS) is 12.1. The maximum Gasteiger partial charge on any atom is 0.191 e. The third-order valence-electron chi connectivity index (χ3n) is 3.26. The Morgan fingerprint density at radius 3 is 2.67 bits per heavy atom. The quantitative estimate of drug-likeness (QED) is 0.255. The molecule has 0 aliphatic rings. The second-order valence-electron chi connectivity index (χ2n) is 5.04. The number of aliphatic hydroxyl groups excluding tert-OH is 1. The number of guanidine groups is 1. The minimum absolute atomic E-state index is 0. The summed E-state index contributed by atoms with van der Waals surface area (Å²) in [4.78, 5) is 4.42. The smallest absolute Gasteiger partial charge is 0.191 e. The Morgan fingerprint density at radius 2 is 2.00 bits per heavy atom. The maximum atomic E-state index is 10.2. The molecule has 1 unspecified atom stereocenters. The van der Waals surface area contributed by atoms with Crippen molar-refractivity contribution in [3.8, 4) is 0 Å². The van der Waals surface area contributed by atoms with Gasteiger partial charge in [0.05, 0.1) is 18.9 Å². The lowest BCUT2D eigenvalue weighted by Gasteiger charge is -2.13. The molecule has 1 atom stereocenters. The van der Waals surface area contributed by atoms with Crippen molar-refractivity contribution in [3.63, 3.8) is 0 Å². The number of halogens is 1. The van der Waals surface area contributed by atoms with Gasteiger partial charge in [-0.15, -0.1) is 30.6 Å². The predicted octanol–water partition coefficient (Wildman–Crippen LogP) is 2.89. The van der Waals surface area contributed by atoms with Crippen molar-refractivity contribution in [2.24, 2.45) is 4.99 Å². The maximum absolute atomic E-state index is 10.2. The molecule has 0 aliphatic heterocycles. The van der Waals surface area contributed by atoms with Crippen molar-refractivity contribution in [2.45, 2.75) is 12.5 Å². The second kappa shape index (κ2) is 11.7. The number of hydrogen-bond acceptors (Lipinski definition) is 3. The van der Waals surface area contributed by atoms with Gasteiger partial charge in [-0.3, -0.25) is 4.99 Å². The Kier molecular flexibility index (Phi) is 9.86. The van der Waals surface area contributed by atoms with Gasteiger partial charge in [0.15, 0.2) is 5.96 Å². The molecule has 2 aromatic rings. The summed E-state index contributed by atoms with van der Waals surface area (Å²) in [7, 11) is 0. The van der Waals surface area contributed by atoms with Gasteiger partial charge in [0.2, 0.25) is 0 Å². The molecule has 5 nitrogen and oxygen atoms in total. The molecule has 0 spiro atoms. The van der Waals surface area contributed by atoms with E-state index in [9.17, 15) is 5.11 Å². The molecule has 1 aromatic carbocycles. The highest BCUT2D eigenvalue weighted by atomic mass is 127. The monoisotopic (exact) mass is 441 g/mol. The fourth-order valence-electron chi connectivity index (χ4n) is 2.06. The molecule has 0 saturated heterocycles. The van der Waals surface area contributed by atoms with Crippen LogP contribution in [0.1, 0.15) is 17.4 Å². The zero-order valence-electron chi connectivity index (χ0n) is 13.5. The number of furan rings is 1. The third-order valence-corrected chi connectivity index (χ3v) is 3.26. The van der Waals surface area contributed by atoms with Gasteiger partial charge >= 0.3 is 0 Å². The molecule has 0 fully saturated rings. The first-order valence-electron chi connectivity index (χ1n) is 7.68. The topological polar surface area (TPSA) is 69.8 Å². The van der Waals surface area contributed by atoms with E-state index in [4.69, 9.17) is 4.42 Å². The van der Waals surface area contributed by atoms with Gasteiger partial charge in [0, 0.05) is 19.5 Å². The van der Waals surface area contributed by atoms with Crippen LogP contribution in [-0.2, 0) is 6.42 Å². The van der Waals surface area contributed by atoms with Gasteiger partial charge in [0.1, 0.15) is 5.76 Å². The van der Waals surface area contributed by atoms with E-state index in [-0.39, 0.29) is 30.5 Å². The van der Waals surface area contributed by atoms with Crippen molar-refractivity contribution in [1.29, 1.82) is 0 Å². The Labute approximate surface area is 159 Å². The van der Waals surface area contributed by atoms with Crippen LogP contribution in [0.25, 0.3) is 0 Å². The summed E-state index contributed by atoms with van der Waals surface area (Å²) < 4.78 is 5.30. The lowest BCUT2D eigenvalue weighted by Crippen LogP contribution is -2.38. The second-order valence-corrected chi connectivity index (χ2v) is 5.04. The molecular formula is C18H24IN3O2. The van der Waals surface area contributed by atoms with E-state index in [0.29, 0.717) is 19.0 Å². The minimum Gasteiger partial charge on any atom is -0.469 e. The van der Waals surface area contributed by atoms with Crippen molar-refractivity contribution >= 4 is 29.9 Å². The Morgan fingerprint density at radius 1 is 1.21 bits per heavy atom. The van der Waals surface area contributed by atoms with Gasteiger partial charge < -0.3 is 20.2 Å². The average Bonchev–Trinajstić information content (AvgIpc) is 3.10. The van der Waals surface area contributed by atoms with Gasteiger partial charge in [-0.2, -0.15) is 0 Å². The molecule has 1 heterocycles. The molecular weight excluding hydrogens is 417 g/mol. The summed E-state index contributed by atoms with van der Waals surface area (Å²) >= 11 is 0. The molecule has 130 valence electrons. The first-order chi connectivity index (χ1) is 11.3. The standard InChI is InChI=1S/C18H23N3O2.HI/c1-2-11-19-18(20-12-10-16-9-6-13-23-16)21-14-17(22)15-7-4-3-5-8-15;/h2-9,13,17,22H,1,10-12,14H2,(H2,19,20,21);1H. The number of rotatable bonds is 8. The lowest BCUT2D eigenvalue weighted by molar-refractivity contribution is 0.187. The van der Waals surface area contributed by atoms with Gasteiger partial charge in [0.25, 0.3) is 0 Å². The van der Waals surface area contributed by atoms with E-state index in [0.717, 1.165) is 17.7 Å². The SMILES string of the molecule is C=CCNC(=NCC(O)c1ccccc1)NCCc1ccco1.I. The van der Waals surface area contributed by atoms with Crippen molar-refractivity contribution in [3.05, 3.63) is 72.7 Å². The van der Waals surface area contributed by atoms with Crippen LogP contribution >= 0.6 is 24.0 Å². The third kappa shape index (κ3) is 7.18. The first-order valence-corrected chi connectivity index (χ1v) is 7.68. The number of hydrogen-bond donors (Lipinski definition) is 3. The number of aliphatic imine (C=N–C) groups is 1. The van der Waals surface area contributed by atoms with E-state index in [2.05, 4.69) is 22.2 Å². The van der Waals surface area contributed by atoms with Crippen LogP contribution in [0, 0.1) is 0 Å². The highest BCUT2D eigenvalue weighted by molar-refractivity contribution is 14.0. The number of nitrogens with one attached hydrogen (secondary N) is 2. The summed E-state index contributed by atoms with van der Waals surface area (Å²) in [6.45, 7) is 5.27. The van der Waals surface area contributed by atoms with Gasteiger partial charge in [-0.25, -0.2) is 0 Å². The summed E-state index contributed by atoms with van der Waals surface area (Å²) in [5.74, 6) is 1.57. The molecule has 0 radical (unpaired) electrons. The fraction of sp³-hybridized carbons (Fsp3) is 0.278. The van der Waals surface area contributed by atoms with E-state index >= 15 is 0 Å². The van der Waals surface area contributed by atoms with Crippen LogP contribution in [0.5, 0.6) is 0 Å². The van der Waals surface area contributed by atoms with Crippen LogP contribution in [-0.4, -0.2) is 30.7 Å². The highest BCUT2D eigenvalue weighted by Crippen LogP contribution is 2.11. The van der Waals surface area contributed by atoms with E-state index in [1.165, 1.54) is 0 Å². The minimum atomic E-state index is -0.622. The summed E-state index contributed by atoms with van der Waals surface area (Å²) in [5, 5.41) is 16.5. The Balaban J connectivity index is 0.00000288. The highest BCUT2D eigenvalue weighted by Gasteiger charge is 2.06. The molecule has 0 saturated carbocycles. The number of nitrogens with zero attached hydrogens (tertiary/aromatic N) is 1. The first kappa shape index (κ1) is 20.2. The molecule has 1 aromatic heterocycles. The predicted molar refractivity (Wildman–Crippen MR) is 108 cm³/mol. The molecule has 24 heavy (non-hydrogen) atoms. The zero-order valence-corrected chi connectivity index (χ0v) is 15.9. The van der Waals surface area contributed by atoms with Crippen molar-refractivity contribution in [1.82, 2.24) is 10.6 Å². The summed E-state index contributed by atoms with van der Waals surface area (Å²) in [6.07, 6.45) is 3.57. The number of aliphatic hydroxyl groups is 1. The Bertz CT molecular complexity index is 600. The van der Waals surface area contributed by atoms with Crippen LogP contribution in [0.15, 0.2) is 70.8 Å². The van der Waals surface area contributed by atoms with Crippen LogP contribution in [0.4, 0.5) is 0 Å². The largest absolute Gasteiger partial charge is 0.469 e. The molecule has 0 aliphatic carbocycles. The Hall–Kier alpha value is -1.80. The van der Waals surface area contributed by atoms with Crippen LogP contribution in [0.2, 0.25) is 0 Å². The summed E-state index contributed by atoms with van der Waals surface area (Å²) in [5.41, 5.74) is 0.856. The van der Waals surface area contributed by atoms with Gasteiger partial charge in [-0.1, -0.05) is 36.4 Å². The van der Waals surface area contributed by atoms with E-state index in [1.807, 2.05) is 42.5 Å². The number of benzene rings is 1. The van der Waals surface area contributed by atoms with Crippen LogP contribution < -0.4 is 10.6 Å². The molecule has 0 bridgehead atoms. The molecule has 0 amide bonds.